The van der Waals surface area contributed by atoms with Gasteiger partial charge in [-0.1, -0.05) is 29.4 Å². The first-order chi connectivity index (χ1) is 12.5. The monoisotopic (exact) mass is 389 g/mol. The van der Waals surface area contributed by atoms with E-state index in [0.29, 0.717) is 39.1 Å². The van der Waals surface area contributed by atoms with E-state index in [1.807, 2.05) is 6.92 Å². The smallest absolute Gasteiger partial charge is 0.257 e. The summed E-state index contributed by atoms with van der Waals surface area (Å²) in [6.07, 6.45) is 0. The lowest BCUT2D eigenvalue weighted by atomic mass is 10.2. The summed E-state index contributed by atoms with van der Waals surface area (Å²) in [5.41, 5.74) is 2.32. The molecular formula is C18H16ClN3O3S. The van der Waals surface area contributed by atoms with E-state index in [0.717, 1.165) is 0 Å². The molecule has 0 radical (unpaired) electrons. The molecule has 0 atom stereocenters. The SMILES string of the molecule is CCNC(=O)c1cccc(NC(=O)CSc2nc3ccc(Cl)cc3o2)c1. The second-order valence-electron chi connectivity index (χ2n) is 5.37. The average Bonchev–Trinajstić information content (AvgIpc) is 3.02. The number of rotatable bonds is 6. The maximum Gasteiger partial charge on any atom is 0.257 e. The molecule has 3 rings (SSSR count). The second-order valence-corrected chi connectivity index (χ2v) is 6.73. The van der Waals surface area contributed by atoms with Gasteiger partial charge in [0.25, 0.3) is 11.1 Å². The number of oxazole rings is 1. The molecule has 2 aromatic carbocycles. The Morgan fingerprint density at radius 2 is 2.08 bits per heavy atom. The maximum absolute atomic E-state index is 12.1. The van der Waals surface area contributed by atoms with Gasteiger partial charge in [0.05, 0.1) is 5.75 Å². The van der Waals surface area contributed by atoms with Gasteiger partial charge in [-0.3, -0.25) is 9.59 Å². The Hall–Kier alpha value is -2.51. The zero-order chi connectivity index (χ0) is 18.5. The van der Waals surface area contributed by atoms with Crippen molar-refractivity contribution in [1.29, 1.82) is 0 Å². The third-order valence-electron chi connectivity index (χ3n) is 3.40. The standard InChI is InChI=1S/C18H16ClN3O3S/c1-2-20-17(24)11-4-3-5-13(8-11)21-16(23)10-26-18-22-14-7-6-12(19)9-15(14)25-18/h3-9H,2,10H2,1H3,(H,20,24)(H,21,23). The number of hydrogen-bond acceptors (Lipinski definition) is 5. The molecule has 0 bridgehead atoms. The van der Waals surface area contributed by atoms with Crippen LogP contribution in [0, 0.1) is 0 Å². The van der Waals surface area contributed by atoms with Gasteiger partial charge < -0.3 is 15.1 Å². The van der Waals surface area contributed by atoms with Crippen molar-refractivity contribution in [3.05, 3.63) is 53.1 Å². The first kappa shape index (κ1) is 18.3. The molecule has 0 spiro atoms. The van der Waals surface area contributed by atoms with Gasteiger partial charge in [-0.2, -0.15) is 0 Å². The van der Waals surface area contributed by atoms with Crippen LogP contribution in [-0.2, 0) is 4.79 Å². The lowest BCUT2D eigenvalue weighted by molar-refractivity contribution is -0.113. The number of aromatic nitrogens is 1. The molecule has 0 unspecified atom stereocenters. The minimum atomic E-state index is -0.219. The van der Waals surface area contributed by atoms with Gasteiger partial charge >= 0.3 is 0 Å². The van der Waals surface area contributed by atoms with Gasteiger partial charge in [0, 0.05) is 28.9 Å². The molecule has 0 fully saturated rings. The van der Waals surface area contributed by atoms with E-state index >= 15 is 0 Å². The van der Waals surface area contributed by atoms with Gasteiger partial charge in [-0.15, -0.1) is 0 Å². The first-order valence-electron chi connectivity index (χ1n) is 7.92. The van der Waals surface area contributed by atoms with Crippen molar-refractivity contribution in [3.63, 3.8) is 0 Å². The fourth-order valence-electron chi connectivity index (χ4n) is 2.26. The molecule has 26 heavy (non-hydrogen) atoms. The fraction of sp³-hybridized carbons (Fsp3) is 0.167. The fourth-order valence-corrected chi connectivity index (χ4v) is 3.06. The molecule has 0 saturated heterocycles. The van der Waals surface area contributed by atoms with Crippen molar-refractivity contribution in [1.82, 2.24) is 10.3 Å². The number of halogens is 1. The molecule has 134 valence electrons. The number of nitrogens with zero attached hydrogens (tertiary/aromatic N) is 1. The largest absolute Gasteiger partial charge is 0.431 e. The highest BCUT2D eigenvalue weighted by Crippen LogP contribution is 2.25. The molecule has 1 heterocycles. The molecule has 2 amide bonds. The number of carbonyl (C=O) groups is 2. The Bertz CT molecular complexity index is 958. The van der Waals surface area contributed by atoms with Crippen molar-refractivity contribution >= 4 is 52.0 Å². The predicted octanol–water partition coefficient (Wildman–Crippen LogP) is 3.96. The summed E-state index contributed by atoms with van der Waals surface area (Å²) in [5, 5.41) is 6.44. The van der Waals surface area contributed by atoms with Crippen LogP contribution < -0.4 is 10.6 Å². The summed E-state index contributed by atoms with van der Waals surface area (Å²) in [6, 6.07) is 12.0. The van der Waals surface area contributed by atoms with Crippen molar-refractivity contribution in [2.45, 2.75) is 12.1 Å². The molecule has 2 N–H and O–H groups in total. The van der Waals surface area contributed by atoms with E-state index in [-0.39, 0.29) is 17.6 Å². The summed E-state index contributed by atoms with van der Waals surface area (Å²) < 4.78 is 5.56. The number of anilines is 1. The lowest BCUT2D eigenvalue weighted by Gasteiger charge is -2.07. The summed E-state index contributed by atoms with van der Waals surface area (Å²) in [5.74, 6) is -0.266. The molecule has 0 saturated carbocycles. The topological polar surface area (TPSA) is 84.2 Å². The second kappa shape index (κ2) is 8.25. The van der Waals surface area contributed by atoms with E-state index in [4.69, 9.17) is 16.0 Å². The van der Waals surface area contributed by atoms with Crippen LogP contribution in [0.4, 0.5) is 5.69 Å². The Balaban J connectivity index is 1.60. The number of benzene rings is 2. The maximum atomic E-state index is 12.1. The lowest BCUT2D eigenvalue weighted by Crippen LogP contribution is -2.23. The van der Waals surface area contributed by atoms with Crippen LogP contribution >= 0.6 is 23.4 Å². The minimum Gasteiger partial charge on any atom is -0.431 e. The van der Waals surface area contributed by atoms with Gasteiger partial charge in [-0.05, 0) is 37.3 Å². The number of carbonyl (C=O) groups excluding carboxylic acids is 2. The number of nitrogens with one attached hydrogen (secondary N) is 2. The number of thioether (sulfide) groups is 1. The van der Waals surface area contributed by atoms with Crippen LogP contribution in [0.3, 0.4) is 0 Å². The highest BCUT2D eigenvalue weighted by Gasteiger charge is 2.11. The predicted molar refractivity (Wildman–Crippen MR) is 103 cm³/mol. The van der Waals surface area contributed by atoms with E-state index in [1.165, 1.54) is 11.8 Å². The van der Waals surface area contributed by atoms with Crippen LogP contribution in [0.15, 0.2) is 52.1 Å². The van der Waals surface area contributed by atoms with Crippen LogP contribution in [0.5, 0.6) is 0 Å². The van der Waals surface area contributed by atoms with Crippen LogP contribution in [-0.4, -0.2) is 29.1 Å². The third kappa shape index (κ3) is 4.56. The van der Waals surface area contributed by atoms with Crippen molar-refractivity contribution in [3.8, 4) is 0 Å². The Kier molecular flexibility index (Phi) is 5.80. The molecule has 1 aromatic heterocycles. The molecular weight excluding hydrogens is 374 g/mol. The molecule has 8 heteroatoms. The summed E-state index contributed by atoms with van der Waals surface area (Å²) in [7, 11) is 0. The summed E-state index contributed by atoms with van der Waals surface area (Å²) in [6.45, 7) is 2.39. The number of hydrogen-bond donors (Lipinski definition) is 2. The van der Waals surface area contributed by atoms with Gasteiger partial charge in [-0.25, -0.2) is 4.98 Å². The number of amides is 2. The Morgan fingerprint density at radius 3 is 2.88 bits per heavy atom. The van der Waals surface area contributed by atoms with Crippen LogP contribution in [0.2, 0.25) is 5.02 Å². The first-order valence-corrected chi connectivity index (χ1v) is 9.28. The van der Waals surface area contributed by atoms with E-state index in [1.54, 1.807) is 42.5 Å². The van der Waals surface area contributed by atoms with E-state index in [9.17, 15) is 9.59 Å². The van der Waals surface area contributed by atoms with Crippen molar-refractivity contribution in [2.24, 2.45) is 0 Å². The molecule has 6 nitrogen and oxygen atoms in total. The van der Waals surface area contributed by atoms with Gasteiger partial charge in [0.1, 0.15) is 5.52 Å². The molecule has 3 aromatic rings. The minimum absolute atomic E-state index is 0.131. The highest BCUT2D eigenvalue weighted by molar-refractivity contribution is 7.99. The summed E-state index contributed by atoms with van der Waals surface area (Å²) >= 11 is 7.10. The van der Waals surface area contributed by atoms with Crippen molar-refractivity contribution < 1.29 is 14.0 Å². The molecule has 0 aliphatic rings. The Morgan fingerprint density at radius 1 is 1.23 bits per heavy atom. The van der Waals surface area contributed by atoms with Crippen LogP contribution in [0.1, 0.15) is 17.3 Å². The zero-order valence-electron chi connectivity index (χ0n) is 13.9. The Labute approximate surface area is 159 Å². The van der Waals surface area contributed by atoms with E-state index < -0.39 is 0 Å². The normalized spacial score (nSPS) is 10.7. The quantitative estimate of drug-likeness (QED) is 0.623. The van der Waals surface area contributed by atoms with Crippen LogP contribution in [0.25, 0.3) is 11.1 Å². The molecule has 0 aliphatic heterocycles. The summed E-state index contributed by atoms with van der Waals surface area (Å²) in [4.78, 5) is 28.3. The van der Waals surface area contributed by atoms with Gasteiger partial charge in [0.2, 0.25) is 5.91 Å². The zero-order valence-corrected chi connectivity index (χ0v) is 15.5. The van der Waals surface area contributed by atoms with Crippen molar-refractivity contribution in [2.75, 3.05) is 17.6 Å². The highest BCUT2D eigenvalue weighted by atomic mass is 35.5. The van der Waals surface area contributed by atoms with Gasteiger partial charge in [0.15, 0.2) is 5.58 Å². The number of fused-ring (bicyclic) bond motifs is 1. The molecule has 0 aliphatic carbocycles. The van der Waals surface area contributed by atoms with E-state index in [2.05, 4.69) is 15.6 Å². The third-order valence-corrected chi connectivity index (χ3v) is 4.47. The average molecular weight is 390 g/mol.